The lowest BCUT2D eigenvalue weighted by Crippen LogP contribution is -2.52. The number of aromatic nitrogens is 3. The molecule has 0 spiro atoms. The lowest BCUT2D eigenvalue weighted by Gasteiger charge is -2.37. The fraction of sp³-hybridized carbons (Fsp3) is 0.522. The minimum absolute atomic E-state index is 0.0517. The Balaban J connectivity index is 1.64. The Morgan fingerprint density at radius 1 is 1.19 bits per heavy atom. The van der Waals surface area contributed by atoms with Crippen molar-refractivity contribution >= 4 is 27.7 Å². The van der Waals surface area contributed by atoms with E-state index in [9.17, 15) is 9.59 Å². The molecule has 164 valence electrons. The van der Waals surface area contributed by atoms with Gasteiger partial charge in [0.1, 0.15) is 0 Å². The summed E-state index contributed by atoms with van der Waals surface area (Å²) in [6.45, 7) is 7.77. The molecule has 1 unspecified atom stereocenters. The van der Waals surface area contributed by atoms with Crippen LogP contribution in [0.1, 0.15) is 41.7 Å². The number of aromatic amines is 1. The number of amides is 1. The quantitative estimate of drug-likeness (QED) is 0.684. The molecular weight excluding hydrogens is 394 g/mol. The van der Waals surface area contributed by atoms with Crippen molar-refractivity contribution < 1.29 is 9.53 Å². The van der Waals surface area contributed by atoms with Crippen LogP contribution in [0.15, 0.2) is 23.1 Å². The average molecular weight is 424 g/mol. The molecule has 2 fully saturated rings. The number of fused-ring (bicyclic) bond motifs is 3. The summed E-state index contributed by atoms with van der Waals surface area (Å²) in [6, 6.07) is 4.39. The van der Waals surface area contributed by atoms with E-state index >= 15 is 0 Å². The topological polar surface area (TPSA) is 83.5 Å². The van der Waals surface area contributed by atoms with Crippen molar-refractivity contribution in [1.29, 1.82) is 0 Å². The van der Waals surface area contributed by atoms with E-state index in [1.165, 1.54) is 0 Å². The van der Waals surface area contributed by atoms with Gasteiger partial charge in [0.2, 0.25) is 0 Å². The number of hydrogen-bond acceptors (Lipinski definition) is 5. The summed E-state index contributed by atoms with van der Waals surface area (Å²) in [7, 11) is 2.10. The van der Waals surface area contributed by atoms with Crippen LogP contribution in [0.4, 0.5) is 0 Å². The molecule has 0 radical (unpaired) electrons. The maximum absolute atomic E-state index is 13.4. The van der Waals surface area contributed by atoms with E-state index in [2.05, 4.69) is 29.0 Å². The maximum atomic E-state index is 13.4. The van der Waals surface area contributed by atoms with Crippen LogP contribution in [-0.4, -0.2) is 76.4 Å². The molecule has 8 heteroatoms. The number of nitrogens with zero attached hydrogens (tertiary/aromatic N) is 4. The number of carbonyl (C=O) groups is 1. The Morgan fingerprint density at radius 3 is 2.71 bits per heavy atom. The number of H-pyrrole nitrogens is 1. The summed E-state index contributed by atoms with van der Waals surface area (Å²) in [4.78, 5) is 33.4. The molecular formula is C23H29N5O3. The van der Waals surface area contributed by atoms with Gasteiger partial charge in [-0.15, -0.1) is 0 Å². The molecule has 4 heterocycles. The third kappa shape index (κ3) is 3.43. The first-order valence-corrected chi connectivity index (χ1v) is 11.0. The van der Waals surface area contributed by atoms with Gasteiger partial charge in [0.15, 0.2) is 0 Å². The van der Waals surface area contributed by atoms with Gasteiger partial charge >= 0.3 is 0 Å². The number of ether oxygens (including phenoxy) is 1. The van der Waals surface area contributed by atoms with Crippen LogP contribution in [0, 0.1) is 6.92 Å². The van der Waals surface area contributed by atoms with Crippen LogP contribution in [0.3, 0.4) is 0 Å². The Bertz CT molecular complexity index is 1210. The van der Waals surface area contributed by atoms with Crippen LogP contribution in [0.25, 0.3) is 21.8 Å². The minimum atomic E-state index is -0.146. The highest BCUT2D eigenvalue weighted by Gasteiger charge is 2.27. The third-order valence-corrected chi connectivity index (χ3v) is 6.92. The molecule has 2 saturated heterocycles. The summed E-state index contributed by atoms with van der Waals surface area (Å²) in [5.41, 5.74) is 2.97. The van der Waals surface area contributed by atoms with Gasteiger partial charge in [-0.2, -0.15) is 5.10 Å². The molecule has 5 rings (SSSR count). The van der Waals surface area contributed by atoms with Crippen LogP contribution in [-0.2, 0) is 4.74 Å². The van der Waals surface area contributed by atoms with Crippen molar-refractivity contribution in [2.45, 2.75) is 38.8 Å². The average Bonchev–Trinajstić information content (AvgIpc) is 3.22. The fourth-order valence-corrected chi connectivity index (χ4v) is 4.83. The van der Waals surface area contributed by atoms with Gasteiger partial charge in [0.25, 0.3) is 11.5 Å². The first-order chi connectivity index (χ1) is 14.9. The fourth-order valence-electron chi connectivity index (χ4n) is 4.83. The standard InChI is InChI=1S/C23H29N5O3/c1-14-10-20-18(11-17(14)23(30)27-7-6-26(3)15(2)13-27)21-19(22(29)25-20)12-24-28(21)16-4-8-31-9-5-16/h10-12,15-16H,4-9,13H2,1-3H3,(H,25,29). The van der Waals surface area contributed by atoms with E-state index < -0.39 is 0 Å². The second-order valence-electron chi connectivity index (χ2n) is 8.94. The second kappa shape index (κ2) is 7.76. The van der Waals surface area contributed by atoms with Crippen molar-refractivity contribution in [1.82, 2.24) is 24.6 Å². The molecule has 0 aliphatic carbocycles. The Kier molecular flexibility index (Phi) is 5.06. The zero-order valence-electron chi connectivity index (χ0n) is 18.4. The number of carbonyl (C=O) groups excluding carboxylic acids is 1. The van der Waals surface area contributed by atoms with Gasteiger partial charge in [0.05, 0.1) is 28.7 Å². The molecule has 0 bridgehead atoms. The van der Waals surface area contributed by atoms with Crippen LogP contribution < -0.4 is 5.56 Å². The van der Waals surface area contributed by atoms with Gasteiger partial charge in [-0.1, -0.05) is 0 Å². The number of benzene rings is 1. The predicted octanol–water partition coefficient (Wildman–Crippen LogP) is 2.31. The van der Waals surface area contributed by atoms with Crippen molar-refractivity contribution in [3.8, 4) is 0 Å². The second-order valence-corrected chi connectivity index (χ2v) is 8.94. The van der Waals surface area contributed by atoms with Crippen molar-refractivity contribution in [2.24, 2.45) is 0 Å². The largest absolute Gasteiger partial charge is 0.381 e. The first-order valence-electron chi connectivity index (χ1n) is 11.0. The molecule has 1 N–H and O–H groups in total. The van der Waals surface area contributed by atoms with Crippen LogP contribution in [0.2, 0.25) is 0 Å². The van der Waals surface area contributed by atoms with E-state index in [1.54, 1.807) is 6.20 Å². The Hall–Kier alpha value is -2.71. The zero-order chi connectivity index (χ0) is 21.7. The number of nitrogens with one attached hydrogen (secondary N) is 1. The van der Waals surface area contributed by atoms with Gasteiger partial charge in [0, 0.05) is 49.8 Å². The van der Waals surface area contributed by atoms with Gasteiger partial charge in [-0.25, -0.2) is 0 Å². The van der Waals surface area contributed by atoms with E-state index in [0.29, 0.717) is 36.8 Å². The highest BCUT2D eigenvalue weighted by molar-refractivity contribution is 6.07. The summed E-state index contributed by atoms with van der Waals surface area (Å²) < 4.78 is 7.48. The summed E-state index contributed by atoms with van der Waals surface area (Å²) >= 11 is 0. The number of rotatable bonds is 2. The van der Waals surface area contributed by atoms with E-state index in [1.807, 2.05) is 28.6 Å². The molecule has 1 atom stereocenters. The molecule has 2 aliphatic heterocycles. The van der Waals surface area contributed by atoms with Crippen molar-refractivity contribution in [3.63, 3.8) is 0 Å². The van der Waals surface area contributed by atoms with E-state index in [4.69, 9.17) is 4.74 Å². The van der Waals surface area contributed by atoms with Gasteiger partial charge in [-0.05, 0) is 51.4 Å². The normalized spacial score (nSPS) is 21.3. The smallest absolute Gasteiger partial charge is 0.259 e. The first kappa shape index (κ1) is 20.2. The molecule has 8 nitrogen and oxygen atoms in total. The number of likely N-dealkylation sites (N-methyl/N-ethyl adjacent to an activating group) is 1. The SMILES string of the molecule is Cc1cc2[nH]c(=O)c3cnn(C4CCOCC4)c3c2cc1C(=O)N1CCN(C)C(C)C1. The number of piperazine rings is 1. The monoisotopic (exact) mass is 423 g/mol. The molecule has 31 heavy (non-hydrogen) atoms. The minimum Gasteiger partial charge on any atom is -0.381 e. The van der Waals surface area contributed by atoms with E-state index in [0.717, 1.165) is 47.9 Å². The number of pyridine rings is 1. The van der Waals surface area contributed by atoms with Crippen LogP contribution >= 0.6 is 0 Å². The maximum Gasteiger partial charge on any atom is 0.259 e. The van der Waals surface area contributed by atoms with Gasteiger partial charge in [-0.3, -0.25) is 14.3 Å². The highest BCUT2D eigenvalue weighted by Crippen LogP contribution is 2.30. The molecule has 3 aromatic rings. The molecule has 1 aromatic carbocycles. The van der Waals surface area contributed by atoms with Crippen molar-refractivity contribution in [2.75, 3.05) is 39.9 Å². The predicted molar refractivity (Wildman–Crippen MR) is 120 cm³/mol. The Labute approximate surface area is 180 Å². The lowest BCUT2D eigenvalue weighted by atomic mass is 10.0. The van der Waals surface area contributed by atoms with E-state index in [-0.39, 0.29) is 17.5 Å². The molecule has 0 saturated carbocycles. The summed E-state index contributed by atoms with van der Waals surface area (Å²) in [5.74, 6) is 0.0517. The van der Waals surface area contributed by atoms with Crippen molar-refractivity contribution in [3.05, 3.63) is 39.8 Å². The van der Waals surface area contributed by atoms with Gasteiger partial charge < -0.3 is 19.5 Å². The summed E-state index contributed by atoms with van der Waals surface area (Å²) in [6.07, 6.45) is 3.37. The Morgan fingerprint density at radius 2 is 1.97 bits per heavy atom. The number of hydrogen-bond donors (Lipinski definition) is 1. The van der Waals surface area contributed by atoms with Crippen LogP contribution in [0.5, 0.6) is 0 Å². The zero-order valence-corrected chi connectivity index (χ0v) is 18.4. The third-order valence-electron chi connectivity index (χ3n) is 6.92. The summed E-state index contributed by atoms with van der Waals surface area (Å²) in [5, 5.41) is 6.01. The molecule has 2 aliphatic rings. The molecule has 2 aromatic heterocycles. The molecule has 1 amide bonds. The highest BCUT2D eigenvalue weighted by atomic mass is 16.5. The lowest BCUT2D eigenvalue weighted by molar-refractivity contribution is 0.0572. The number of aryl methyl sites for hydroxylation is 1.